The molecule has 0 aliphatic carbocycles. The van der Waals surface area contributed by atoms with E-state index in [9.17, 15) is 0 Å². The summed E-state index contributed by atoms with van der Waals surface area (Å²) in [6, 6.07) is 5.50. The van der Waals surface area contributed by atoms with Gasteiger partial charge in [0.2, 0.25) is 0 Å². The molecule has 14 heavy (non-hydrogen) atoms. The molecule has 2 N–H and O–H groups in total. The monoisotopic (exact) mass is 185 g/mol. The van der Waals surface area contributed by atoms with E-state index < -0.39 is 0 Å². The Hall–Kier alpha value is -2.35. The lowest BCUT2D eigenvalue weighted by Crippen LogP contribution is -1.99. The summed E-state index contributed by atoms with van der Waals surface area (Å²) in [6.07, 6.45) is 4.72. The highest BCUT2D eigenvalue weighted by Crippen LogP contribution is 2.11. The molecule has 5 nitrogen and oxygen atoms in total. The van der Waals surface area contributed by atoms with Gasteiger partial charge in [0.05, 0.1) is 18.1 Å². The van der Waals surface area contributed by atoms with Crippen LogP contribution in [-0.2, 0) is 0 Å². The van der Waals surface area contributed by atoms with Gasteiger partial charge in [0.25, 0.3) is 0 Å². The molecular weight excluding hydrogens is 178 g/mol. The molecular formula is C9H7N5. The van der Waals surface area contributed by atoms with E-state index in [1.165, 1.54) is 10.9 Å². The Morgan fingerprint density at radius 2 is 2.36 bits per heavy atom. The minimum absolute atomic E-state index is 0.329. The van der Waals surface area contributed by atoms with Crippen LogP contribution in [-0.4, -0.2) is 14.8 Å². The second kappa shape index (κ2) is 3.18. The van der Waals surface area contributed by atoms with Crippen molar-refractivity contribution < 1.29 is 0 Å². The van der Waals surface area contributed by atoms with Crippen LogP contribution < -0.4 is 5.73 Å². The Balaban J connectivity index is 2.57. The molecule has 0 saturated heterocycles. The summed E-state index contributed by atoms with van der Waals surface area (Å²) in [5.41, 5.74) is 7.03. The first-order valence-corrected chi connectivity index (χ1v) is 3.97. The maximum atomic E-state index is 8.80. The number of hydrogen-bond donors (Lipinski definition) is 1. The van der Waals surface area contributed by atoms with Crippen LogP contribution in [0, 0.1) is 11.3 Å². The average molecular weight is 185 g/mol. The topological polar surface area (TPSA) is 80.5 Å². The quantitative estimate of drug-likeness (QED) is 0.709. The third-order valence-electron chi connectivity index (χ3n) is 1.74. The second-order valence-electron chi connectivity index (χ2n) is 2.70. The fraction of sp³-hybridized carbons (Fsp3) is 0. The normalized spacial score (nSPS) is 9.64. The highest BCUT2D eigenvalue weighted by Gasteiger charge is 2.04. The van der Waals surface area contributed by atoms with Crippen LogP contribution in [0.25, 0.3) is 5.69 Å². The summed E-state index contributed by atoms with van der Waals surface area (Å²) >= 11 is 0. The number of pyridine rings is 1. The Morgan fingerprint density at radius 3 is 3.00 bits per heavy atom. The summed E-state index contributed by atoms with van der Waals surface area (Å²) in [6.45, 7) is 0. The van der Waals surface area contributed by atoms with Gasteiger partial charge >= 0.3 is 0 Å². The lowest BCUT2D eigenvalue weighted by molar-refractivity contribution is 0.869. The first-order chi connectivity index (χ1) is 6.81. The van der Waals surface area contributed by atoms with E-state index in [-0.39, 0.29) is 0 Å². The number of rotatable bonds is 1. The zero-order valence-electron chi connectivity index (χ0n) is 7.25. The molecule has 0 aromatic carbocycles. The van der Waals surface area contributed by atoms with E-state index in [0.717, 1.165) is 0 Å². The number of nitrogens with zero attached hydrogens (tertiary/aromatic N) is 4. The van der Waals surface area contributed by atoms with Crippen molar-refractivity contribution in [3.63, 3.8) is 0 Å². The number of hydrogen-bond acceptors (Lipinski definition) is 4. The van der Waals surface area contributed by atoms with Crippen molar-refractivity contribution in [2.45, 2.75) is 0 Å². The lowest BCUT2D eigenvalue weighted by Gasteiger charge is -2.00. The van der Waals surface area contributed by atoms with Gasteiger partial charge in [-0.05, 0) is 12.1 Å². The Bertz CT molecular complexity index is 494. The lowest BCUT2D eigenvalue weighted by atomic mass is 10.3. The average Bonchev–Trinajstić information content (AvgIpc) is 2.65. The molecule has 0 spiro atoms. The number of nitrogens with two attached hydrogens (primary N) is 1. The molecule has 0 saturated carbocycles. The number of aromatic nitrogens is 3. The van der Waals surface area contributed by atoms with Gasteiger partial charge in [-0.2, -0.15) is 10.4 Å². The molecule has 68 valence electrons. The van der Waals surface area contributed by atoms with E-state index in [2.05, 4.69) is 10.1 Å². The Kier molecular flexibility index (Phi) is 1.88. The molecule has 0 aliphatic heterocycles. The van der Waals surface area contributed by atoms with Gasteiger partial charge in [-0.15, -0.1) is 0 Å². The van der Waals surface area contributed by atoms with E-state index in [0.29, 0.717) is 17.1 Å². The van der Waals surface area contributed by atoms with Crippen LogP contribution >= 0.6 is 0 Å². The summed E-state index contributed by atoms with van der Waals surface area (Å²) in [7, 11) is 0. The third-order valence-corrected chi connectivity index (χ3v) is 1.74. The van der Waals surface area contributed by atoms with Gasteiger partial charge in [0.15, 0.2) is 5.69 Å². The van der Waals surface area contributed by atoms with Crippen LogP contribution in [0.4, 0.5) is 5.69 Å². The molecule has 5 heteroatoms. The van der Waals surface area contributed by atoms with Gasteiger partial charge < -0.3 is 5.73 Å². The fourth-order valence-corrected chi connectivity index (χ4v) is 1.14. The number of nitrogen functional groups attached to an aromatic ring is 1. The van der Waals surface area contributed by atoms with Crippen molar-refractivity contribution >= 4 is 5.69 Å². The number of nitriles is 1. The van der Waals surface area contributed by atoms with Gasteiger partial charge in [0, 0.05) is 6.20 Å². The minimum atomic E-state index is 0.329. The van der Waals surface area contributed by atoms with E-state index in [1.807, 2.05) is 6.07 Å². The maximum Gasteiger partial charge on any atom is 0.166 e. The molecule has 2 aromatic rings. The van der Waals surface area contributed by atoms with Crippen LogP contribution in [0.15, 0.2) is 30.7 Å². The Morgan fingerprint density at radius 1 is 1.50 bits per heavy atom. The van der Waals surface area contributed by atoms with Crippen molar-refractivity contribution in [2.24, 2.45) is 0 Å². The van der Waals surface area contributed by atoms with Crippen molar-refractivity contribution in [2.75, 3.05) is 5.73 Å². The highest BCUT2D eigenvalue weighted by atomic mass is 15.3. The van der Waals surface area contributed by atoms with Crippen molar-refractivity contribution in [1.29, 1.82) is 5.26 Å². The van der Waals surface area contributed by atoms with Gasteiger partial charge in [-0.3, -0.25) is 0 Å². The summed E-state index contributed by atoms with van der Waals surface area (Å²) in [4.78, 5) is 3.92. The highest BCUT2D eigenvalue weighted by molar-refractivity contribution is 5.45. The van der Waals surface area contributed by atoms with Crippen molar-refractivity contribution in [1.82, 2.24) is 14.8 Å². The largest absolute Gasteiger partial charge is 0.396 e. The maximum absolute atomic E-state index is 8.80. The molecule has 0 fully saturated rings. The smallest absolute Gasteiger partial charge is 0.166 e. The molecule has 0 aliphatic rings. The van der Waals surface area contributed by atoms with Crippen molar-refractivity contribution in [3.05, 3.63) is 36.4 Å². The van der Waals surface area contributed by atoms with E-state index in [4.69, 9.17) is 11.0 Å². The van der Waals surface area contributed by atoms with Crippen LogP contribution in [0.1, 0.15) is 5.69 Å². The summed E-state index contributed by atoms with van der Waals surface area (Å²) < 4.78 is 1.53. The zero-order valence-corrected chi connectivity index (χ0v) is 7.25. The molecule has 0 amide bonds. The first-order valence-electron chi connectivity index (χ1n) is 3.97. The molecule has 2 aromatic heterocycles. The second-order valence-corrected chi connectivity index (χ2v) is 2.70. The van der Waals surface area contributed by atoms with E-state index >= 15 is 0 Å². The van der Waals surface area contributed by atoms with Gasteiger partial charge in [-0.25, -0.2) is 9.67 Å². The Labute approximate surface area is 80.4 Å². The van der Waals surface area contributed by atoms with Crippen LogP contribution in [0.3, 0.4) is 0 Å². The third kappa shape index (κ3) is 1.29. The summed E-state index contributed by atoms with van der Waals surface area (Å²) in [5, 5.41) is 12.8. The molecule has 0 bridgehead atoms. The molecule has 2 heterocycles. The molecule has 0 radical (unpaired) electrons. The molecule has 0 atom stereocenters. The summed E-state index contributed by atoms with van der Waals surface area (Å²) in [5.74, 6) is 0. The predicted octanol–water partition coefficient (Wildman–Crippen LogP) is 0.721. The standard InChI is InChI=1S/C9H7N5/c10-4-8-9(2-1-3-12-8)14-6-7(11)5-13-14/h1-3,5-6H,11H2. The first kappa shape index (κ1) is 8.26. The SMILES string of the molecule is N#Cc1ncccc1-n1cc(N)cn1. The molecule has 0 unspecified atom stereocenters. The van der Waals surface area contributed by atoms with E-state index in [1.54, 1.807) is 24.5 Å². The van der Waals surface area contributed by atoms with Crippen LogP contribution in [0.5, 0.6) is 0 Å². The van der Waals surface area contributed by atoms with Gasteiger partial charge in [-0.1, -0.05) is 0 Å². The zero-order chi connectivity index (χ0) is 9.97. The fourth-order valence-electron chi connectivity index (χ4n) is 1.14. The predicted molar refractivity (Wildman–Crippen MR) is 50.5 cm³/mol. The molecule has 2 rings (SSSR count). The van der Waals surface area contributed by atoms with Gasteiger partial charge in [0.1, 0.15) is 11.8 Å². The minimum Gasteiger partial charge on any atom is -0.396 e. The van der Waals surface area contributed by atoms with Crippen molar-refractivity contribution in [3.8, 4) is 11.8 Å². The number of anilines is 1. The van der Waals surface area contributed by atoms with Crippen LogP contribution in [0.2, 0.25) is 0 Å².